The molecular formula is C17H17N3. The topological polar surface area (TPSA) is 40.7 Å². The van der Waals surface area contributed by atoms with E-state index in [9.17, 15) is 0 Å². The number of anilines is 1. The van der Waals surface area contributed by atoms with Gasteiger partial charge in [-0.2, -0.15) is 5.10 Å². The molecule has 2 heterocycles. The van der Waals surface area contributed by atoms with E-state index in [1.54, 1.807) is 0 Å². The highest BCUT2D eigenvalue weighted by molar-refractivity contribution is 5.96. The zero-order chi connectivity index (χ0) is 13.4. The van der Waals surface area contributed by atoms with Gasteiger partial charge in [-0.25, -0.2) is 0 Å². The average Bonchev–Trinajstić information content (AvgIpc) is 2.75. The molecular weight excluding hydrogens is 246 g/mol. The van der Waals surface area contributed by atoms with E-state index in [1.807, 2.05) is 0 Å². The van der Waals surface area contributed by atoms with Crippen molar-refractivity contribution in [1.29, 1.82) is 0 Å². The first-order valence-corrected chi connectivity index (χ1v) is 7.23. The van der Waals surface area contributed by atoms with Gasteiger partial charge in [0.25, 0.3) is 0 Å². The third kappa shape index (κ3) is 1.78. The first kappa shape index (κ1) is 11.5. The van der Waals surface area contributed by atoms with Crippen molar-refractivity contribution in [3.05, 3.63) is 48.0 Å². The van der Waals surface area contributed by atoms with Crippen LogP contribution < -0.4 is 5.32 Å². The number of hydrogen-bond donors (Lipinski definition) is 2. The SMILES string of the molecule is c1ccc2c(-c3[nH]nc4c3CCCCN4)cccc2c1. The maximum atomic E-state index is 4.46. The zero-order valence-electron chi connectivity index (χ0n) is 11.3. The summed E-state index contributed by atoms with van der Waals surface area (Å²) in [4.78, 5) is 0. The molecule has 3 heteroatoms. The van der Waals surface area contributed by atoms with Crippen LogP contribution in [0.1, 0.15) is 18.4 Å². The largest absolute Gasteiger partial charge is 0.368 e. The lowest BCUT2D eigenvalue weighted by molar-refractivity contribution is 0.783. The van der Waals surface area contributed by atoms with E-state index in [-0.39, 0.29) is 0 Å². The van der Waals surface area contributed by atoms with Crippen LogP contribution in [0.15, 0.2) is 42.5 Å². The summed E-state index contributed by atoms with van der Waals surface area (Å²) in [6, 6.07) is 15.0. The predicted molar refractivity (Wildman–Crippen MR) is 83.0 cm³/mol. The van der Waals surface area contributed by atoms with Gasteiger partial charge < -0.3 is 5.32 Å². The lowest BCUT2D eigenvalue weighted by Gasteiger charge is -2.07. The van der Waals surface area contributed by atoms with Crippen molar-refractivity contribution in [2.24, 2.45) is 0 Å². The standard InChI is InChI=1S/C17H17N3/c1-2-8-13-12(6-1)7-5-10-14(13)16-15-9-3-4-11-18-17(15)20-19-16/h1-2,5-8,10H,3-4,9,11H2,(H2,18,19,20). The molecule has 0 spiro atoms. The van der Waals surface area contributed by atoms with Gasteiger partial charge in [-0.3, -0.25) is 5.10 Å². The summed E-state index contributed by atoms with van der Waals surface area (Å²) in [5.41, 5.74) is 3.76. The summed E-state index contributed by atoms with van der Waals surface area (Å²) in [6.07, 6.45) is 3.53. The van der Waals surface area contributed by atoms with Crippen LogP contribution in [0.4, 0.5) is 5.82 Å². The number of rotatable bonds is 1. The molecule has 0 amide bonds. The quantitative estimate of drug-likeness (QED) is 0.697. The second kappa shape index (κ2) is 4.67. The van der Waals surface area contributed by atoms with Crippen LogP contribution in [0.3, 0.4) is 0 Å². The summed E-state index contributed by atoms with van der Waals surface area (Å²) in [7, 11) is 0. The van der Waals surface area contributed by atoms with Gasteiger partial charge >= 0.3 is 0 Å². The Morgan fingerprint density at radius 3 is 2.85 bits per heavy atom. The fourth-order valence-electron chi connectivity index (χ4n) is 3.05. The molecule has 0 saturated heterocycles. The molecule has 100 valence electrons. The number of aromatic amines is 1. The van der Waals surface area contributed by atoms with Crippen LogP contribution in [0, 0.1) is 0 Å². The Hall–Kier alpha value is -2.29. The molecule has 20 heavy (non-hydrogen) atoms. The molecule has 1 aliphatic heterocycles. The van der Waals surface area contributed by atoms with Gasteiger partial charge in [0.1, 0.15) is 0 Å². The van der Waals surface area contributed by atoms with Gasteiger partial charge in [0.2, 0.25) is 0 Å². The molecule has 3 nitrogen and oxygen atoms in total. The average molecular weight is 263 g/mol. The molecule has 0 bridgehead atoms. The maximum Gasteiger partial charge on any atom is 0.151 e. The lowest BCUT2D eigenvalue weighted by atomic mass is 9.98. The number of benzene rings is 2. The predicted octanol–water partition coefficient (Wildman–Crippen LogP) is 3.98. The fraction of sp³-hybridized carbons (Fsp3) is 0.235. The number of nitrogens with zero attached hydrogens (tertiary/aromatic N) is 1. The van der Waals surface area contributed by atoms with Gasteiger partial charge in [0.05, 0.1) is 5.69 Å². The molecule has 2 aromatic carbocycles. The molecule has 2 N–H and O–H groups in total. The van der Waals surface area contributed by atoms with Crippen LogP contribution in [0.25, 0.3) is 22.0 Å². The highest BCUT2D eigenvalue weighted by Crippen LogP contribution is 2.34. The highest BCUT2D eigenvalue weighted by atomic mass is 15.2. The van der Waals surface area contributed by atoms with Crippen LogP contribution in [-0.4, -0.2) is 16.7 Å². The second-order valence-electron chi connectivity index (χ2n) is 5.34. The van der Waals surface area contributed by atoms with Crippen LogP contribution >= 0.6 is 0 Å². The number of fused-ring (bicyclic) bond motifs is 2. The Bertz CT molecular complexity index is 753. The fourth-order valence-corrected chi connectivity index (χ4v) is 3.05. The molecule has 1 aromatic heterocycles. The minimum Gasteiger partial charge on any atom is -0.368 e. The zero-order valence-corrected chi connectivity index (χ0v) is 11.3. The van der Waals surface area contributed by atoms with Gasteiger partial charge in [0, 0.05) is 17.7 Å². The first-order valence-electron chi connectivity index (χ1n) is 7.23. The van der Waals surface area contributed by atoms with E-state index >= 15 is 0 Å². The van der Waals surface area contributed by atoms with E-state index in [4.69, 9.17) is 0 Å². The molecule has 0 radical (unpaired) electrons. The van der Waals surface area contributed by atoms with Crippen molar-refractivity contribution in [2.45, 2.75) is 19.3 Å². The van der Waals surface area contributed by atoms with Crippen molar-refractivity contribution in [1.82, 2.24) is 10.2 Å². The van der Waals surface area contributed by atoms with E-state index in [0.29, 0.717) is 0 Å². The Balaban J connectivity index is 1.94. The molecule has 0 fully saturated rings. The van der Waals surface area contributed by atoms with E-state index in [2.05, 4.69) is 58.0 Å². The van der Waals surface area contributed by atoms with Crippen molar-refractivity contribution in [3.63, 3.8) is 0 Å². The first-order chi connectivity index (χ1) is 9.93. The summed E-state index contributed by atoms with van der Waals surface area (Å²) in [5, 5.41) is 13.7. The van der Waals surface area contributed by atoms with Gasteiger partial charge in [-0.15, -0.1) is 0 Å². The third-order valence-electron chi connectivity index (χ3n) is 4.07. The van der Waals surface area contributed by atoms with Crippen LogP contribution in [-0.2, 0) is 6.42 Å². The van der Waals surface area contributed by atoms with Crippen molar-refractivity contribution < 1.29 is 0 Å². The Morgan fingerprint density at radius 1 is 0.950 bits per heavy atom. The smallest absolute Gasteiger partial charge is 0.151 e. The highest BCUT2D eigenvalue weighted by Gasteiger charge is 2.17. The number of H-pyrrole nitrogens is 1. The van der Waals surface area contributed by atoms with Gasteiger partial charge in [0.15, 0.2) is 5.82 Å². The molecule has 1 aliphatic rings. The maximum absolute atomic E-state index is 4.46. The van der Waals surface area contributed by atoms with Crippen molar-refractivity contribution >= 4 is 16.6 Å². The van der Waals surface area contributed by atoms with Crippen LogP contribution in [0.5, 0.6) is 0 Å². The number of nitrogens with one attached hydrogen (secondary N) is 2. The van der Waals surface area contributed by atoms with Crippen molar-refractivity contribution in [3.8, 4) is 11.3 Å². The van der Waals surface area contributed by atoms with E-state index < -0.39 is 0 Å². The Labute approximate surface area is 118 Å². The van der Waals surface area contributed by atoms with Crippen molar-refractivity contribution in [2.75, 3.05) is 11.9 Å². The molecule has 0 atom stereocenters. The van der Waals surface area contributed by atoms with Gasteiger partial charge in [-0.05, 0) is 30.0 Å². The van der Waals surface area contributed by atoms with E-state index in [0.717, 1.165) is 18.8 Å². The Kier molecular flexibility index (Phi) is 2.69. The summed E-state index contributed by atoms with van der Waals surface area (Å²) < 4.78 is 0. The summed E-state index contributed by atoms with van der Waals surface area (Å²) >= 11 is 0. The monoisotopic (exact) mass is 263 g/mol. The van der Waals surface area contributed by atoms with E-state index in [1.165, 1.54) is 40.4 Å². The molecule has 4 rings (SSSR count). The molecule has 3 aromatic rings. The summed E-state index contributed by atoms with van der Waals surface area (Å²) in [6.45, 7) is 1.02. The normalized spacial score (nSPS) is 14.6. The third-order valence-corrected chi connectivity index (χ3v) is 4.07. The summed E-state index contributed by atoms with van der Waals surface area (Å²) in [5.74, 6) is 1.03. The molecule has 0 unspecified atom stereocenters. The molecule has 0 aliphatic carbocycles. The van der Waals surface area contributed by atoms with Gasteiger partial charge in [-0.1, -0.05) is 42.5 Å². The molecule has 0 saturated carbocycles. The number of aromatic nitrogens is 2. The minimum absolute atomic E-state index is 1.02. The van der Waals surface area contributed by atoms with Crippen LogP contribution in [0.2, 0.25) is 0 Å². The number of hydrogen-bond acceptors (Lipinski definition) is 2. The minimum atomic E-state index is 1.02. The second-order valence-corrected chi connectivity index (χ2v) is 5.34. The lowest BCUT2D eigenvalue weighted by Crippen LogP contribution is -1.99. The Morgan fingerprint density at radius 2 is 1.85 bits per heavy atom.